The van der Waals surface area contributed by atoms with Gasteiger partial charge in [0.15, 0.2) is 5.13 Å². The van der Waals surface area contributed by atoms with E-state index < -0.39 is 5.91 Å². The lowest BCUT2D eigenvalue weighted by Gasteiger charge is -2.34. The average Bonchev–Trinajstić information content (AvgIpc) is 3.23. The van der Waals surface area contributed by atoms with Gasteiger partial charge in [0, 0.05) is 30.6 Å². The van der Waals surface area contributed by atoms with Crippen LogP contribution in [0.15, 0.2) is 53.9 Å². The van der Waals surface area contributed by atoms with Crippen molar-refractivity contribution in [3.05, 3.63) is 76.3 Å². The lowest BCUT2D eigenvalue weighted by Crippen LogP contribution is -2.44. The molecule has 2 heterocycles. The normalized spacial score (nSPS) is 18.4. The fourth-order valence-electron chi connectivity index (χ4n) is 4.01. The van der Waals surface area contributed by atoms with Gasteiger partial charge in [0.1, 0.15) is 12.4 Å². The van der Waals surface area contributed by atoms with Crippen molar-refractivity contribution in [2.24, 2.45) is 5.73 Å². The second-order valence-electron chi connectivity index (χ2n) is 8.40. The van der Waals surface area contributed by atoms with Crippen LogP contribution in [0, 0.1) is 0 Å². The highest BCUT2D eigenvalue weighted by atomic mass is 32.1. The molecule has 2 aromatic carbocycles. The van der Waals surface area contributed by atoms with Crippen LogP contribution in [-0.2, 0) is 17.9 Å². The number of hydrogen-bond acceptors (Lipinski definition) is 7. The van der Waals surface area contributed by atoms with Gasteiger partial charge in [-0.15, -0.1) is 11.3 Å². The van der Waals surface area contributed by atoms with E-state index in [4.69, 9.17) is 15.2 Å². The predicted octanol–water partition coefficient (Wildman–Crippen LogP) is 3.68. The van der Waals surface area contributed by atoms with Crippen LogP contribution < -0.4 is 15.8 Å². The first-order chi connectivity index (χ1) is 16.4. The molecule has 9 heteroatoms. The first kappa shape index (κ1) is 23.9. The van der Waals surface area contributed by atoms with Crippen LogP contribution >= 0.6 is 11.3 Å². The molecule has 8 nitrogen and oxygen atoms in total. The van der Waals surface area contributed by atoms with Crippen molar-refractivity contribution in [1.82, 2.24) is 9.88 Å². The van der Waals surface area contributed by atoms with E-state index in [2.05, 4.69) is 29.0 Å². The van der Waals surface area contributed by atoms with Crippen molar-refractivity contribution in [3.8, 4) is 5.75 Å². The van der Waals surface area contributed by atoms with Crippen LogP contribution in [0.2, 0.25) is 0 Å². The van der Waals surface area contributed by atoms with Gasteiger partial charge in [0.25, 0.3) is 11.8 Å². The summed E-state index contributed by atoms with van der Waals surface area (Å²) in [6.45, 7) is 6.80. The molecule has 0 radical (unpaired) electrons. The maximum atomic E-state index is 12.8. The lowest BCUT2D eigenvalue weighted by atomic mass is 10.1. The van der Waals surface area contributed by atoms with Crippen molar-refractivity contribution in [2.45, 2.75) is 39.2 Å². The number of hydrogen-bond donors (Lipinski definition) is 2. The largest absolute Gasteiger partial charge is 0.488 e. The number of rotatable bonds is 8. The Morgan fingerprint density at radius 2 is 1.94 bits per heavy atom. The van der Waals surface area contributed by atoms with E-state index in [1.165, 1.54) is 11.3 Å². The van der Waals surface area contributed by atoms with Gasteiger partial charge in [-0.25, -0.2) is 4.98 Å². The Kier molecular flexibility index (Phi) is 7.56. The van der Waals surface area contributed by atoms with Gasteiger partial charge in [-0.2, -0.15) is 0 Å². The number of nitrogens with two attached hydrogens (primary N) is 1. The summed E-state index contributed by atoms with van der Waals surface area (Å²) < 4.78 is 11.6. The highest BCUT2D eigenvalue weighted by Crippen LogP contribution is 2.21. The van der Waals surface area contributed by atoms with Gasteiger partial charge in [-0.1, -0.05) is 24.3 Å². The predicted molar refractivity (Wildman–Crippen MR) is 131 cm³/mol. The Hall–Kier alpha value is -3.27. The second-order valence-corrected chi connectivity index (χ2v) is 9.26. The molecule has 0 aliphatic carbocycles. The van der Waals surface area contributed by atoms with Crippen LogP contribution in [0.5, 0.6) is 5.75 Å². The number of amides is 2. The van der Waals surface area contributed by atoms with Crippen LogP contribution in [0.4, 0.5) is 5.13 Å². The number of thiazole rings is 1. The van der Waals surface area contributed by atoms with Crippen LogP contribution in [0.25, 0.3) is 0 Å². The van der Waals surface area contributed by atoms with Gasteiger partial charge in [0.2, 0.25) is 0 Å². The van der Waals surface area contributed by atoms with E-state index in [0.29, 0.717) is 22.0 Å². The molecule has 178 valence electrons. The van der Waals surface area contributed by atoms with Crippen molar-refractivity contribution in [3.63, 3.8) is 0 Å². The first-order valence-electron chi connectivity index (χ1n) is 11.1. The minimum absolute atomic E-state index is 0.196. The summed E-state index contributed by atoms with van der Waals surface area (Å²) >= 11 is 1.41. The van der Waals surface area contributed by atoms with E-state index in [0.717, 1.165) is 30.9 Å². The fraction of sp³-hybridized carbons (Fsp3) is 0.320. The van der Waals surface area contributed by atoms with E-state index >= 15 is 0 Å². The molecule has 1 saturated heterocycles. The van der Waals surface area contributed by atoms with Crippen LogP contribution in [0.3, 0.4) is 0 Å². The number of carbonyl (C=O) groups excluding carboxylic acids is 2. The number of ether oxygens (including phenoxy) is 2. The molecule has 2 atom stereocenters. The molecule has 1 fully saturated rings. The number of primary amides is 1. The van der Waals surface area contributed by atoms with Gasteiger partial charge in [-0.05, 0) is 43.7 Å². The van der Waals surface area contributed by atoms with Crippen LogP contribution in [0.1, 0.15) is 45.8 Å². The first-order valence-corrected chi connectivity index (χ1v) is 12.0. The number of nitrogens with one attached hydrogen (secondary N) is 1. The average molecular weight is 481 g/mol. The molecule has 34 heavy (non-hydrogen) atoms. The summed E-state index contributed by atoms with van der Waals surface area (Å²) in [6, 6.07) is 13.9. The van der Waals surface area contributed by atoms with Crippen molar-refractivity contribution in [1.29, 1.82) is 0 Å². The Morgan fingerprint density at radius 1 is 1.18 bits per heavy atom. The SMILES string of the molecule is CC1CN(Cc2csc(NC(=O)c3cccc(COc4ccccc4C(N)=O)c3)n2)CC(C)O1. The zero-order valence-corrected chi connectivity index (χ0v) is 20.0. The number of benzene rings is 2. The standard InChI is InChI=1S/C25H28N4O4S/c1-16-11-29(12-17(2)33-16)13-20-15-34-25(27-20)28-24(31)19-7-5-6-18(10-19)14-32-22-9-4-3-8-21(22)23(26)30/h3-10,15-17H,11-14H2,1-2H3,(H2,26,30)(H,27,28,31). The van der Waals surface area contributed by atoms with E-state index in [1.807, 2.05) is 11.4 Å². The Labute approximate surface area is 202 Å². The van der Waals surface area contributed by atoms with E-state index in [1.54, 1.807) is 42.5 Å². The highest BCUT2D eigenvalue weighted by molar-refractivity contribution is 7.14. The summed E-state index contributed by atoms with van der Waals surface area (Å²) in [5, 5.41) is 5.42. The van der Waals surface area contributed by atoms with Gasteiger partial charge in [-0.3, -0.25) is 19.8 Å². The summed E-state index contributed by atoms with van der Waals surface area (Å²) in [5.74, 6) is -0.387. The molecule has 3 N–H and O–H groups in total. The third-order valence-electron chi connectivity index (χ3n) is 5.39. The number of aromatic nitrogens is 1. The van der Waals surface area contributed by atoms with Crippen molar-refractivity contribution in [2.75, 3.05) is 18.4 Å². The Morgan fingerprint density at radius 3 is 2.71 bits per heavy atom. The summed E-state index contributed by atoms with van der Waals surface area (Å²) in [4.78, 5) is 31.3. The molecule has 2 unspecified atom stereocenters. The fourth-order valence-corrected chi connectivity index (χ4v) is 4.70. The van der Waals surface area contributed by atoms with Crippen molar-refractivity contribution < 1.29 is 19.1 Å². The Bertz CT molecular complexity index is 1160. The maximum Gasteiger partial charge on any atom is 0.257 e. The number of nitrogens with zero attached hydrogens (tertiary/aromatic N) is 2. The molecule has 1 aliphatic heterocycles. The second kappa shape index (κ2) is 10.8. The zero-order chi connectivity index (χ0) is 24.1. The minimum atomic E-state index is -0.552. The summed E-state index contributed by atoms with van der Waals surface area (Å²) in [5.41, 5.74) is 7.94. The third kappa shape index (κ3) is 6.19. The molecular weight excluding hydrogens is 452 g/mol. The van der Waals surface area contributed by atoms with E-state index in [9.17, 15) is 9.59 Å². The molecule has 1 aromatic heterocycles. The molecule has 3 aromatic rings. The highest BCUT2D eigenvalue weighted by Gasteiger charge is 2.23. The quantitative estimate of drug-likeness (QED) is 0.509. The van der Waals surface area contributed by atoms with Gasteiger partial charge in [0.05, 0.1) is 23.5 Å². The maximum absolute atomic E-state index is 12.8. The van der Waals surface area contributed by atoms with E-state index in [-0.39, 0.29) is 24.7 Å². The number of morpholine rings is 1. The zero-order valence-electron chi connectivity index (χ0n) is 19.2. The molecule has 2 amide bonds. The third-order valence-corrected chi connectivity index (χ3v) is 6.20. The molecule has 1 aliphatic rings. The number of carbonyl (C=O) groups is 2. The van der Waals surface area contributed by atoms with Gasteiger partial charge < -0.3 is 15.2 Å². The summed E-state index contributed by atoms with van der Waals surface area (Å²) in [7, 11) is 0. The number of anilines is 1. The lowest BCUT2D eigenvalue weighted by molar-refractivity contribution is -0.0707. The smallest absolute Gasteiger partial charge is 0.257 e. The summed E-state index contributed by atoms with van der Waals surface area (Å²) in [6.07, 6.45) is 0.393. The number of para-hydroxylation sites is 1. The Balaban J connectivity index is 1.35. The molecular formula is C25H28N4O4S. The van der Waals surface area contributed by atoms with Crippen LogP contribution in [-0.4, -0.2) is 47.0 Å². The molecule has 0 saturated carbocycles. The van der Waals surface area contributed by atoms with Crippen molar-refractivity contribution >= 4 is 28.3 Å². The minimum Gasteiger partial charge on any atom is -0.488 e. The molecule has 0 bridgehead atoms. The van der Waals surface area contributed by atoms with Gasteiger partial charge >= 0.3 is 0 Å². The monoisotopic (exact) mass is 480 g/mol. The topological polar surface area (TPSA) is 107 Å². The molecule has 0 spiro atoms. The molecule has 4 rings (SSSR count).